The second kappa shape index (κ2) is 5.29. The quantitative estimate of drug-likeness (QED) is 0.903. The molecule has 1 N–H and O–H groups in total. The van der Waals surface area contributed by atoms with Gasteiger partial charge in [0.2, 0.25) is 0 Å². The van der Waals surface area contributed by atoms with Crippen molar-refractivity contribution in [3.05, 3.63) is 58.1 Å². The van der Waals surface area contributed by atoms with Crippen LogP contribution in [0.1, 0.15) is 10.4 Å². The molecule has 0 atom stereocenters. The molecule has 0 aromatic heterocycles. The van der Waals surface area contributed by atoms with Crippen LogP contribution >= 0.6 is 23.2 Å². The van der Waals surface area contributed by atoms with E-state index in [1.807, 2.05) is 0 Å². The number of hydrogen-bond donors (Lipinski definition) is 1. The van der Waals surface area contributed by atoms with E-state index in [2.05, 4.69) is 0 Å². The molecule has 0 fully saturated rings. The number of benzene rings is 2. The Morgan fingerprint density at radius 3 is 2.39 bits per heavy atom. The molecule has 2 aromatic rings. The van der Waals surface area contributed by atoms with Crippen molar-refractivity contribution in [1.29, 1.82) is 0 Å². The minimum absolute atomic E-state index is 0.0371. The van der Waals surface area contributed by atoms with Gasteiger partial charge in [-0.2, -0.15) is 0 Å². The predicted molar refractivity (Wildman–Crippen MR) is 69.9 cm³/mol. The summed E-state index contributed by atoms with van der Waals surface area (Å²) in [5.41, 5.74) is 0.0371. The smallest absolute Gasteiger partial charge is 0.337 e. The summed E-state index contributed by atoms with van der Waals surface area (Å²) in [6, 6.07) is 11.3. The Bertz CT molecular complexity index is 597. The first-order chi connectivity index (χ1) is 8.56. The molecule has 92 valence electrons. The van der Waals surface area contributed by atoms with Crippen LogP contribution in [0, 0.1) is 0 Å². The summed E-state index contributed by atoms with van der Waals surface area (Å²) in [7, 11) is 0. The highest BCUT2D eigenvalue weighted by Gasteiger charge is 2.09. The third-order valence-corrected chi connectivity index (χ3v) is 2.75. The zero-order chi connectivity index (χ0) is 13.1. The number of carboxylic acids is 1. The fourth-order valence-electron chi connectivity index (χ4n) is 1.40. The monoisotopic (exact) mass is 282 g/mol. The van der Waals surface area contributed by atoms with Crippen molar-refractivity contribution in [1.82, 2.24) is 0 Å². The van der Waals surface area contributed by atoms with Crippen molar-refractivity contribution >= 4 is 29.2 Å². The van der Waals surface area contributed by atoms with E-state index in [0.29, 0.717) is 16.5 Å². The lowest BCUT2D eigenvalue weighted by molar-refractivity contribution is 0.0697. The summed E-state index contributed by atoms with van der Waals surface area (Å²) in [6.45, 7) is 0. The molecule has 0 radical (unpaired) electrons. The maximum atomic E-state index is 10.8. The first kappa shape index (κ1) is 12.7. The van der Waals surface area contributed by atoms with E-state index in [1.165, 1.54) is 18.2 Å². The van der Waals surface area contributed by atoms with Gasteiger partial charge < -0.3 is 9.84 Å². The molecule has 0 spiro atoms. The summed E-state index contributed by atoms with van der Waals surface area (Å²) in [5.74, 6) is -0.0665. The highest BCUT2D eigenvalue weighted by Crippen LogP contribution is 2.28. The number of carboxylic acid groups (broad SMARTS) is 1. The molecule has 0 aliphatic carbocycles. The SMILES string of the molecule is O=C(O)c1ccc(Oc2cccc(Cl)c2)cc1Cl. The highest BCUT2D eigenvalue weighted by molar-refractivity contribution is 6.33. The van der Waals surface area contributed by atoms with Gasteiger partial charge in [-0.25, -0.2) is 4.79 Å². The molecule has 0 aliphatic heterocycles. The van der Waals surface area contributed by atoms with E-state index in [-0.39, 0.29) is 10.6 Å². The first-order valence-corrected chi connectivity index (χ1v) is 5.78. The van der Waals surface area contributed by atoms with Crippen molar-refractivity contribution in [2.75, 3.05) is 0 Å². The van der Waals surface area contributed by atoms with E-state index < -0.39 is 5.97 Å². The van der Waals surface area contributed by atoms with Crippen LogP contribution in [0.2, 0.25) is 10.0 Å². The van der Waals surface area contributed by atoms with E-state index in [9.17, 15) is 4.79 Å². The molecule has 0 aliphatic rings. The number of rotatable bonds is 3. The fourth-order valence-corrected chi connectivity index (χ4v) is 1.83. The lowest BCUT2D eigenvalue weighted by Gasteiger charge is -2.07. The Morgan fingerprint density at radius 1 is 1.06 bits per heavy atom. The first-order valence-electron chi connectivity index (χ1n) is 5.02. The number of hydrogen-bond acceptors (Lipinski definition) is 2. The van der Waals surface area contributed by atoms with Crippen molar-refractivity contribution < 1.29 is 14.6 Å². The second-order valence-electron chi connectivity index (χ2n) is 3.51. The van der Waals surface area contributed by atoms with Gasteiger partial charge >= 0.3 is 5.97 Å². The molecule has 0 unspecified atom stereocenters. The largest absolute Gasteiger partial charge is 0.478 e. The Kier molecular flexibility index (Phi) is 3.75. The zero-order valence-corrected chi connectivity index (χ0v) is 10.6. The highest BCUT2D eigenvalue weighted by atomic mass is 35.5. The minimum atomic E-state index is -1.07. The van der Waals surface area contributed by atoms with Gasteiger partial charge in [-0.15, -0.1) is 0 Å². The van der Waals surface area contributed by atoms with Gasteiger partial charge in [0, 0.05) is 11.1 Å². The molecule has 0 heterocycles. The zero-order valence-electron chi connectivity index (χ0n) is 9.06. The normalized spacial score (nSPS) is 10.1. The molecule has 0 saturated heterocycles. The molecule has 0 amide bonds. The number of halogens is 2. The van der Waals surface area contributed by atoms with Crippen molar-refractivity contribution in [2.45, 2.75) is 0 Å². The summed E-state index contributed by atoms with van der Waals surface area (Å²) in [6.07, 6.45) is 0. The topological polar surface area (TPSA) is 46.5 Å². The molecule has 5 heteroatoms. The van der Waals surface area contributed by atoms with E-state index in [1.54, 1.807) is 24.3 Å². The van der Waals surface area contributed by atoms with Gasteiger partial charge in [-0.3, -0.25) is 0 Å². The number of ether oxygens (including phenoxy) is 1. The standard InChI is InChI=1S/C13H8Cl2O3/c14-8-2-1-3-9(6-8)18-10-4-5-11(13(16)17)12(15)7-10/h1-7H,(H,16,17). The van der Waals surface area contributed by atoms with Crippen molar-refractivity contribution in [2.24, 2.45) is 0 Å². The Hall–Kier alpha value is -1.71. The van der Waals surface area contributed by atoms with Crippen LogP contribution in [-0.4, -0.2) is 11.1 Å². The van der Waals surface area contributed by atoms with Crippen LogP contribution in [0.5, 0.6) is 11.5 Å². The Balaban J connectivity index is 2.25. The van der Waals surface area contributed by atoms with Crippen LogP contribution in [0.3, 0.4) is 0 Å². The van der Waals surface area contributed by atoms with Gasteiger partial charge in [0.05, 0.1) is 10.6 Å². The van der Waals surface area contributed by atoms with Gasteiger partial charge in [0.25, 0.3) is 0 Å². The maximum absolute atomic E-state index is 10.8. The van der Waals surface area contributed by atoms with Crippen LogP contribution in [0.15, 0.2) is 42.5 Å². The molecule has 18 heavy (non-hydrogen) atoms. The van der Waals surface area contributed by atoms with Gasteiger partial charge in [-0.1, -0.05) is 29.3 Å². The van der Waals surface area contributed by atoms with Crippen LogP contribution < -0.4 is 4.74 Å². The number of aromatic carboxylic acids is 1. The molecule has 0 bridgehead atoms. The minimum Gasteiger partial charge on any atom is -0.478 e. The van der Waals surface area contributed by atoms with Crippen LogP contribution in [0.4, 0.5) is 0 Å². The molecular formula is C13H8Cl2O3. The Labute approximate surface area is 114 Å². The Morgan fingerprint density at radius 2 is 1.78 bits per heavy atom. The average Bonchev–Trinajstić information content (AvgIpc) is 2.28. The summed E-state index contributed by atoms with van der Waals surface area (Å²) < 4.78 is 5.51. The van der Waals surface area contributed by atoms with E-state index >= 15 is 0 Å². The molecule has 2 rings (SSSR count). The van der Waals surface area contributed by atoms with Crippen molar-refractivity contribution in [3.63, 3.8) is 0 Å². The summed E-state index contributed by atoms with van der Waals surface area (Å²) in [4.78, 5) is 10.8. The molecular weight excluding hydrogens is 275 g/mol. The molecule has 0 saturated carbocycles. The predicted octanol–water partition coefficient (Wildman–Crippen LogP) is 4.48. The molecule has 3 nitrogen and oxygen atoms in total. The van der Waals surface area contributed by atoms with Gasteiger partial charge in [-0.05, 0) is 30.3 Å². The number of carbonyl (C=O) groups is 1. The second-order valence-corrected chi connectivity index (χ2v) is 4.35. The summed E-state index contributed by atoms with van der Waals surface area (Å²) >= 11 is 11.7. The maximum Gasteiger partial charge on any atom is 0.337 e. The van der Waals surface area contributed by atoms with Crippen LogP contribution in [0.25, 0.3) is 0 Å². The summed E-state index contributed by atoms with van der Waals surface area (Å²) in [5, 5.41) is 9.52. The van der Waals surface area contributed by atoms with Gasteiger partial charge in [0.1, 0.15) is 11.5 Å². The van der Waals surface area contributed by atoms with Gasteiger partial charge in [0.15, 0.2) is 0 Å². The van der Waals surface area contributed by atoms with Crippen molar-refractivity contribution in [3.8, 4) is 11.5 Å². The van der Waals surface area contributed by atoms with E-state index in [4.69, 9.17) is 33.0 Å². The third kappa shape index (κ3) is 2.94. The average molecular weight is 283 g/mol. The van der Waals surface area contributed by atoms with E-state index in [0.717, 1.165) is 0 Å². The lowest BCUT2D eigenvalue weighted by atomic mass is 10.2. The fraction of sp³-hybridized carbons (Fsp3) is 0. The third-order valence-electron chi connectivity index (χ3n) is 2.20. The lowest BCUT2D eigenvalue weighted by Crippen LogP contribution is -1.97. The van der Waals surface area contributed by atoms with Crippen LogP contribution in [-0.2, 0) is 0 Å². The molecule has 2 aromatic carbocycles.